The van der Waals surface area contributed by atoms with Gasteiger partial charge in [0.05, 0.1) is 5.41 Å². The molecule has 1 atom stereocenters. The molecule has 3 aliphatic heterocycles. The predicted octanol–water partition coefficient (Wildman–Crippen LogP) is 2.69. The van der Waals surface area contributed by atoms with Crippen LogP contribution in [0.2, 0.25) is 0 Å². The number of hydrogen-bond acceptors (Lipinski definition) is 5. The first-order valence-corrected chi connectivity index (χ1v) is 11.2. The van der Waals surface area contributed by atoms with Gasteiger partial charge in [-0.25, -0.2) is 0 Å². The summed E-state index contributed by atoms with van der Waals surface area (Å²) in [6, 6.07) is 9.60. The Morgan fingerprint density at radius 3 is 2.40 bits per heavy atom. The molecule has 0 radical (unpaired) electrons. The number of benzene rings is 1. The molecule has 1 N–H and O–H groups in total. The number of hydrogen-bond donors (Lipinski definition) is 1. The molecule has 5 rings (SSSR count). The van der Waals surface area contributed by atoms with Crippen LogP contribution in [0.5, 0.6) is 0 Å². The molecule has 3 fully saturated rings. The maximum absolute atomic E-state index is 12.5. The molecular weight excluding hydrogens is 421 g/mol. The lowest BCUT2D eigenvalue weighted by Crippen LogP contribution is -2.40. The first-order valence-electron chi connectivity index (χ1n) is 11.2. The highest BCUT2D eigenvalue weighted by molar-refractivity contribution is 5.85. The maximum Gasteiger partial charge on any atom is 0.312 e. The molecule has 7 heteroatoms. The zero-order valence-corrected chi connectivity index (χ0v) is 19.3. The van der Waals surface area contributed by atoms with Crippen LogP contribution in [0.3, 0.4) is 0 Å². The van der Waals surface area contributed by atoms with E-state index in [2.05, 4.69) is 39.4 Å². The fourth-order valence-electron chi connectivity index (χ4n) is 5.87. The highest BCUT2D eigenvalue weighted by Crippen LogP contribution is 2.41. The maximum atomic E-state index is 12.5. The van der Waals surface area contributed by atoms with E-state index in [9.17, 15) is 4.79 Å². The van der Waals surface area contributed by atoms with E-state index < -0.39 is 0 Å². The average molecular weight is 456 g/mol. The number of carbonyl (C=O) groups is 1. The van der Waals surface area contributed by atoms with Crippen molar-refractivity contribution >= 4 is 30.8 Å². The van der Waals surface area contributed by atoms with Gasteiger partial charge in [0.2, 0.25) is 0 Å². The molecule has 1 spiro atoms. The summed E-state index contributed by atoms with van der Waals surface area (Å²) in [6.07, 6.45) is 6.51. The third-order valence-corrected chi connectivity index (χ3v) is 7.52. The monoisotopic (exact) mass is 455 g/mol. The molecule has 4 aliphatic rings. The van der Waals surface area contributed by atoms with Crippen LogP contribution in [-0.2, 0) is 22.4 Å². The second-order valence-corrected chi connectivity index (χ2v) is 9.28. The van der Waals surface area contributed by atoms with Crippen molar-refractivity contribution < 1.29 is 9.53 Å². The zero-order chi connectivity index (χ0) is 19.0. The molecule has 5 nitrogen and oxygen atoms in total. The van der Waals surface area contributed by atoms with E-state index in [0.717, 1.165) is 58.5 Å². The first kappa shape index (κ1) is 23.8. The number of carbonyl (C=O) groups excluding carboxylic acids is 1. The standard InChI is InChI=1S/C23H33N3O2.2ClH/c27-22-23(6-8-24-9-7-23)16-21(28-22)17-25-10-3-11-26(13-12-25)20-14-18-4-1-2-5-19(18)15-20;;/h1-2,4-5,20-21,24H,3,6-17H2;2*1H. The second-order valence-electron chi connectivity index (χ2n) is 9.28. The molecule has 0 bridgehead atoms. The van der Waals surface area contributed by atoms with Crippen molar-refractivity contribution in [2.24, 2.45) is 5.41 Å². The van der Waals surface area contributed by atoms with Crippen molar-refractivity contribution in [1.82, 2.24) is 15.1 Å². The minimum Gasteiger partial charge on any atom is -0.461 e. The summed E-state index contributed by atoms with van der Waals surface area (Å²) in [5.74, 6) is 0.0687. The fourth-order valence-corrected chi connectivity index (χ4v) is 5.87. The molecule has 0 saturated carbocycles. The van der Waals surface area contributed by atoms with Crippen molar-refractivity contribution in [3.8, 4) is 0 Å². The van der Waals surface area contributed by atoms with Crippen LogP contribution >= 0.6 is 24.8 Å². The quantitative estimate of drug-likeness (QED) is 0.709. The molecule has 1 aliphatic carbocycles. The highest BCUT2D eigenvalue weighted by Gasteiger charge is 2.49. The van der Waals surface area contributed by atoms with Gasteiger partial charge >= 0.3 is 5.97 Å². The van der Waals surface area contributed by atoms with Crippen LogP contribution in [-0.4, -0.2) is 73.7 Å². The van der Waals surface area contributed by atoms with E-state index in [-0.39, 0.29) is 42.3 Å². The largest absolute Gasteiger partial charge is 0.461 e. The highest BCUT2D eigenvalue weighted by atomic mass is 35.5. The van der Waals surface area contributed by atoms with Crippen molar-refractivity contribution in [3.05, 3.63) is 35.4 Å². The van der Waals surface area contributed by atoms with Gasteiger partial charge in [0.1, 0.15) is 6.10 Å². The third kappa shape index (κ3) is 4.81. The van der Waals surface area contributed by atoms with E-state index in [1.807, 2.05) is 0 Å². The van der Waals surface area contributed by atoms with Gasteiger partial charge in [0, 0.05) is 32.1 Å². The van der Waals surface area contributed by atoms with Gasteiger partial charge in [0.15, 0.2) is 0 Å². The van der Waals surface area contributed by atoms with Crippen LogP contribution in [0.25, 0.3) is 0 Å². The zero-order valence-electron chi connectivity index (χ0n) is 17.7. The van der Waals surface area contributed by atoms with Gasteiger partial charge in [-0.1, -0.05) is 24.3 Å². The molecule has 1 aromatic rings. The fraction of sp³-hybridized carbons (Fsp3) is 0.696. The lowest BCUT2D eigenvalue weighted by atomic mass is 9.76. The normalized spacial score (nSPS) is 27.1. The second kappa shape index (κ2) is 10.2. The Bertz CT molecular complexity index is 701. The summed E-state index contributed by atoms with van der Waals surface area (Å²) >= 11 is 0. The Labute approximate surface area is 192 Å². The van der Waals surface area contributed by atoms with Crippen molar-refractivity contribution in [3.63, 3.8) is 0 Å². The Balaban J connectivity index is 0.00000128. The van der Waals surface area contributed by atoms with E-state index in [1.54, 1.807) is 11.1 Å². The summed E-state index contributed by atoms with van der Waals surface area (Å²) in [5.41, 5.74) is 2.89. The van der Waals surface area contributed by atoms with Gasteiger partial charge in [-0.3, -0.25) is 14.6 Å². The molecule has 1 unspecified atom stereocenters. The van der Waals surface area contributed by atoms with Gasteiger partial charge in [-0.2, -0.15) is 0 Å². The summed E-state index contributed by atoms with van der Waals surface area (Å²) in [7, 11) is 0. The number of nitrogens with one attached hydrogen (secondary N) is 1. The van der Waals surface area contributed by atoms with Crippen LogP contribution < -0.4 is 5.32 Å². The summed E-state index contributed by atoms with van der Waals surface area (Å²) < 4.78 is 5.85. The van der Waals surface area contributed by atoms with Crippen molar-refractivity contribution in [2.75, 3.05) is 45.8 Å². The summed E-state index contributed by atoms with van der Waals surface area (Å²) in [5, 5.41) is 3.38. The molecule has 3 saturated heterocycles. The molecule has 168 valence electrons. The van der Waals surface area contributed by atoms with Crippen LogP contribution in [0.1, 0.15) is 36.8 Å². The van der Waals surface area contributed by atoms with Crippen molar-refractivity contribution in [1.29, 1.82) is 0 Å². The SMILES string of the molecule is Cl.Cl.O=C1OC(CN2CCCN(C3Cc4ccccc4C3)CC2)CC12CCNCC2. The Morgan fingerprint density at radius 2 is 1.70 bits per heavy atom. The molecule has 3 heterocycles. The Kier molecular flexibility index (Phi) is 8.08. The lowest BCUT2D eigenvalue weighted by Gasteiger charge is -2.30. The Morgan fingerprint density at radius 1 is 1.00 bits per heavy atom. The van der Waals surface area contributed by atoms with Crippen LogP contribution in [0.4, 0.5) is 0 Å². The number of nitrogens with zero attached hydrogens (tertiary/aromatic N) is 2. The van der Waals surface area contributed by atoms with Crippen molar-refractivity contribution in [2.45, 2.75) is 50.7 Å². The van der Waals surface area contributed by atoms with E-state index >= 15 is 0 Å². The molecule has 1 aromatic carbocycles. The molecule has 0 amide bonds. The van der Waals surface area contributed by atoms with Gasteiger partial charge in [0.25, 0.3) is 0 Å². The molecule has 0 aromatic heterocycles. The number of cyclic esters (lactones) is 1. The molecular formula is C23H35Cl2N3O2. The number of ether oxygens (including phenoxy) is 1. The lowest BCUT2D eigenvalue weighted by molar-refractivity contribution is -0.150. The van der Waals surface area contributed by atoms with Gasteiger partial charge < -0.3 is 10.1 Å². The van der Waals surface area contributed by atoms with E-state index in [0.29, 0.717) is 6.04 Å². The Hall–Kier alpha value is -0.850. The van der Waals surface area contributed by atoms with Gasteiger partial charge in [-0.15, -0.1) is 24.8 Å². The number of fused-ring (bicyclic) bond motifs is 1. The number of esters is 1. The van der Waals surface area contributed by atoms with E-state index in [1.165, 1.54) is 25.8 Å². The minimum absolute atomic E-state index is 0. The number of rotatable bonds is 3. The summed E-state index contributed by atoms with van der Waals surface area (Å²) in [4.78, 5) is 17.8. The third-order valence-electron chi connectivity index (χ3n) is 7.52. The average Bonchev–Trinajstić information content (AvgIpc) is 3.16. The van der Waals surface area contributed by atoms with Crippen LogP contribution in [0.15, 0.2) is 24.3 Å². The molecule has 30 heavy (non-hydrogen) atoms. The number of piperidine rings is 1. The van der Waals surface area contributed by atoms with Gasteiger partial charge in [-0.05, 0) is 69.4 Å². The predicted molar refractivity (Wildman–Crippen MR) is 124 cm³/mol. The first-order chi connectivity index (χ1) is 13.7. The van der Waals surface area contributed by atoms with Crippen LogP contribution in [0, 0.1) is 5.41 Å². The number of halogens is 2. The minimum atomic E-state index is -0.191. The smallest absolute Gasteiger partial charge is 0.312 e. The topological polar surface area (TPSA) is 44.8 Å². The van der Waals surface area contributed by atoms with E-state index in [4.69, 9.17) is 4.74 Å². The summed E-state index contributed by atoms with van der Waals surface area (Å²) in [6.45, 7) is 7.35.